The minimum atomic E-state index is 0.0869. The average Bonchev–Trinajstić information content (AvgIpc) is 3.39. The fraction of sp³-hybridized carbons (Fsp3) is 0.368. The van der Waals surface area contributed by atoms with E-state index >= 15 is 0 Å². The number of hydrogen-bond donors (Lipinski definition) is 1. The third kappa shape index (κ3) is 2.58. The lowest BCUT2D eigenvalue weighted by Crippen LogP contribution is -2.27. The molecule has 1 aliphatic heterocycles. The summed E-state index contributed by atoms with van der Waals surface area (Å²) in [7, 11) is 0. The SMILES string of the molecule is O=C(Nc1ccnn1Cc1ccc2c(c1)OCO2)[C@@H]1C[C@@H]2C=C[C@H]1C2. The van der Waals surface area contributed by atoms with Crippen molar-refractivity contribution in [3.63, 3.8) is 0 Å². The minimum Gasteiger partial charge on any atom is -0.454 e. The van der Waals surface area contributed by atoms with E-state index in [4.69, 9.17) is 9.47 Å². The van der Waals surface area contributed by atoms with E-state index in [1.54, 1.807) is 10.9 Å². The van der Waals surface area contributed by atoms with Crippen LogP contribution in [0.4, 0.5) is 5.82 Å². The van der Waals surface area contributed by atoms with Crippen LogP contribution in [0.3, 0.4) is 0 Å². The Hall–Kier alpha value is -2.76. The number of nitrogens with zero attached hydrogens (tertiary/aromatic N) is 2. The Morgan fingerprint density at radius 3 is 2.96 bits per heavy atom. The van der Waals surface area contributed by atoms with Crippen LogP contribution in [-0.2, 0) is 11.3 Å². The van der Waals surface area contributed by atoms with Crippen LogP contribution in [0.1, 0.15) is 18.4 Å². The lowest BCUT2D eigenvalue weighted by molar-refractivity contribution is -0.120. The van der Waals surface area contributed by atoms with Crippen molar-refractivity contribution in [1.82, 2.24) is 9.78 Å². The second-order valence-electron chi connectivity index (χ2n) is 6.94. The summed E-state index contributed by atoms with van der Waals surface area (Å²) in [5.41, 5.74) is 1.05. The predicted octanol–water partition coefficient (Wildman–Crippen LogP) is 2.81. The second-order valence-corrected chi connectivity index (χ2v) is 6.94. The Morgan fingerprint density at radius 1 is 1.20 bits per heavy atom. The van der Waals surface area contributed by atoms with Gasteiger partial charge in [0.25, 0.3) is 0 Å². The van der Waals surface area contributed by atoms with Gasteiger partial charge >= 0.3 is 0 Å². The number of carbonyl (C=O) groups is 1. The fourth-order valence-corrected chi connectivity index (χ4v) is 4.08. The summed E-state index contributed by atoms with van der Waals surface area (Å²) in [5, 5.41) is 7.41. The predicted molar refractivity (Wildman–Crippen MR) is 91.4 cm³/mol. The summed E-state index contributed by atoms with van der Waals surface area (Å²) in [6, 6.07) is 7.69. The summed E-state index contributed by atoms with van der Waals surface area (Å²) < 4.78 is 12.6. The van der Waals surface area contributed by atoms with Crippen LogP contribution in [0.2, 0.25) is 0 Å². The monoisotopic (exact) mass is 337 g/mol. The molecule has 1 amide bonds. The molecule has 2 heterocycles. The first-order valence-corrected chi connectivity index (χ1v) is 8.66. The molecule has 3 aliphatic rings. The maximum atomic E-state index is 12.6. The topological polar surface area (TPSA) is 65.4 Å². The first kappa shape index (κ1) is 14.6. The molecule has 1 aromatic heterocycles. The van der Waals surface area contributed by atoms with E-state index in [2.05, 4.69) is 22.6 Å². The van der Waals surface area contributed by atoms with Gasteiger partial charge in [-0.1, -0.05) is 18.2 Å². The molecule has 2 aromatic rings. The molecule has 6 nitrogen and oxygen atoms in total. The molecular formula is C19H19N3O3. The van der Waals surface area contributed by atoms with E-state index in [0.29, 0.717) is 18.4 Å². The molecule has 0 saturated heterocycles. The van der Waals surface area contributed by atoms with E-state index in [9.17, 15) is 4.79 Å². The molecule has 1 saturated carbocycles. The number of aromatic nitrogens is 2. The number of hydrogen-bond acceptors (Lipinski definition) is 4. The van der Waals surface area contributed by atoms with Crippen molar-refractivity contribution in [3.05, 3.63) is 48.2 Å². The molecule has 0 spiro atoms. The molecule has 1 aromatic carbocycles. The third-order valence-corrected chi connectivity index (χ3v) is 5.35. The maximum absolute atomic E-state index is 12.6. The van der Waals surface area contributed by atoms with Crippen LogP contribution in [0.15, 0.2) is 42.6 Å². The van der Waals surface area contributed by atoms with Crippen molar-refractivity contribution < 1.29 is 14.3 Å². The number of ether oxygens (including phenoxy) is 2. The van der Waals surface area contributed by atoms with E-state index in [0.717, 1.165) is 35.7 Å². The first-order chi connectivity index (χ1) is 12.3. The average molecular weight is 337 g/mol. The van der Waals surface area contributed by atoms with Crippen molar-refractivity contribution in [2.45, 2.75) is 19.4 Å². The molecule has 2 aliphatic carbocycles. The number of rotatable bonds is 4. The van der Waals surface area contributed by atoms with Gasteiger partial charge in [-0.25, -0.2) is 4.68 Å². The highest BCUT2D eigenvalue weighted by Crippen LogP contribution is 2.43. The Kier molecular flexibility index (Phi) is 3.29. The van der Waals surface area contributed by atoms with Gasteiger partial charge in [0.15, 0.2) is 11.5 Å². The number of benzene rings is 1. The Balaban J connectivity index is 1.31. The van der Waals surface area contributed by atoms with Gasteiger partial charge in [-0.05, 0) is 42.4 Å². The standard InChI is InChI=1S/C19H19N3O3/c23-19(15-8-12-1-3-14(15)7-12)21-18-5-6-20-22(18)10-13-2-4-16-17(9-13)25-11-24-16/h1-6,9,12,14-15H,7-8,10-11H2,(H,21,23)/t12-,14+,15-/m1/s1. The van der Waals surface area contributed by atoms with Gasteiger partial charge in [-0.3, -0.25) is 4.79 Å². The largest absolute Gasteiger partial charge is 0.454 e. The molecule has 25 heavy (non-hydrogen) atoms. The number of amides is 1. The van der Waals surface area contributed by atoms with Crippen LogP contribution in [0.5, 0.6) is 11.5 Å². The quantitative estimate of drug-likeness (QED) is 0.871. The van der Waals surface area contributed by atoms with Crippen LogP contribution in [-0.4, -0.2) is 22.5 Å². The molecule has 6 heteroatoms. The lowest BCUT2D eigenvalue weighted by Gasteiger charge is -2.18. The normalized spacial score (nSPS) is 25.5. The van der Waals surface area contributed by atoms with Gasteiger partial charge in [-0.15, -0.1) is 0 Å². The molecule has 1 N–H and O–H groups in total. The summed E-state index contributed by atoms with van der Waals surface area (Å²) in [6.45, 7) is 0.829. The molecule has 0 radical (unpaired) electrons. The van der Waals surface area contributed by atoms with E-state index in [1.165, 1.54) is 0 Å². The molecule has 5 rings (SSSR count). The molecule has 3 atom stereocenters. The van der Waals surface area contributed by atoms with Gasteiger partial charge in [0.1, 0.15) is 5.82 Å². The number of nitrogens with one attached hydrogen (secondary N) is 1. The van der Waals surface area contributed by atoms with Crippen molar-refractivity contribution in [3.8, 4) is 11.5 Å². The van der Waals surface area contributed by atoms with Crippen molar-refractivity contribution in [1.29, 1.82) is 0 Å². The Bertz CT molecular complexity index is 857. The van der Waals surface area contributed by atoms with E-state index < -0.39 is 0 Å². The minimum absolute atomic E-state index is 0.0869. The zero-order valence-electron chi connectivity index (χ0n) is 13.7. The molecule has 0 unspecified atom stereocenters. The molecule has 2 bridgehead atoms. The van der Waals surface area contributed by atoms with Gasteiger partial charge in [0, 0.05) is 12.0 Å². The highest BCUT2D eigenvalue weighted by Gasteiger charge is 2.39. The van der Waals surface area contributed by atoms with Gasteiger partial charge in [0.2, 0.25) is 12.7 Å². The zero-order chi connectivity index (χ0) is 16.8. The van der Waals surface area contributed by atoms with Gasteiger partial charge < -0.3 is 14.8 Å². The number of fused-ring (bicyclic) bond motifs is 3. The maximum Gasteiger partial charge on any atom is 0.231 e. The summed E-state index contributed by atoms with van der Waals surface area (Å²) >= 11 is 0. The lowest BCUT2D eigenvalue weighted by atomic mass is 9.93. The van der Waals surface area contributed by atoms with Crippen LogP contribution in [0, 0.1) is 17.8 Å². The fourth-order valence-electron chi connectivity index (χ4n) is 4.08. The smallest absolute Gasteiger partial charge is 0.231 e. The summed E-state index contributed by atoms with van der Waals surface area (Å²) in [4.78, 5) is 12.6. The number of carbonyl (C=O) groups excluding carboxylic acids is 1. The highest BCUT2D eigenvalue weighted by molar-refractivity contribution is 5.92. The summed E-state index contributed by atoms with van der Waals surface area (Å²) in [6.07, 6.45) is 8.24. The zero-order valence-corrected chi connectivity index (χ0v) is 13.7. The van der Waals surface area contributed by atoms with Crippen LogP contribution in [0.25, 0.3) is 0 Å². The number of anilines is 1. The highest BCUT2D eigenvalue weighted by atomic mass is 16.7. The van der Waals surface area contributed by atoms with Gasteiger partial charge in [-0.2, -0.15) is 5.10 Å². The second kappa shape index (κ2) is 5.65. The molecule has 1 fully saturated rings. The summed E-state index contributed by atoms with van der Waals surface area (Å²) in [5.74, 6) is 3.42. The molecule has 128 valence electrons. The Labute approximate surface area is 145 Å². The van der Waals surface area contributed by atoms with E-state index in [-0.39, 0.29) is 18.6 Å². The molecular weight excluding hydrogens is 318 g/mol. The van der Waals surface area contributed by atoms with Crippen LogP contribution < -0.4 is 14.8 Å². The van der Waals surface area contributed by atoms with E-state index in [1.807, 2.05) is 24.3 Å². The van der Waals surface area contributed by atoms with Crippen molar-refractivity contribution >= 4 is 11.7 Å². The first-order valence-electron chi connectivity index (χ1n) is 8.66. The number of allylic oxidation sites excluding steroid dienone is 2. The van der Waals surface area contributed by atoms with Gasteiger partial charge in [0.05, 0.1) is 12.7 Å². The van der Waals surface area contributed by atoms with Crippen molar-refractivity contribution in [2.75, 3.05) is 12.1 Å². The third-order valence-electron chi connectivity index (χ3n) is 5.35. The Morgan fingerprint density at radius 2 is 2.12 bits per heavy atom. The van der Waals surface area contributed by atoms with Crippen LogP contribution >= 0.6 is 0 Å². The van der Waals surface area contributed by atoms with Crippen molar-refractivity contribution in [2.24, 2.45) is 17.8 Å².